The number of nitrogens with one attached hydrogen (secondary N) is 3. The maximum Gasteiger partial charge on any atom is 0.307 e. The lowest BCUT2D eigenvalue weighted by Gasteiger charge is -2.27. The molecule has 90 heavy (non-hydrogen) atoms. The summed E-state index contributed by atoms with van der Waals surface area (Å²) >= 11 is 0. The van der Waals surface area contributed by atoms with Crippen molar-refractivity contribution < 1.29 is 81.0 Å². The molecule has 21 heteroatoms. The third-order valence-corrected chi connectivity index (χ3v) is 13.6. The Hall–Kier alpha value is -7.69. The third-order valence-electron chi connectivity index (χ3n) is 13.6. The number of hydrogen-bond acceptors (Lipinski definition) is 18. The van der Waals surface area contributed by atoms with Gasteiger partial charge in [-0.15, -0.1) is 0 Å². The van der Waals surface area contributed by atoms with E-state index in [0.29, 0.717) is 63.9 Å². The largest absolute Gasteiger partial charge is 0.489 e. The van der Waals surface area contributed by atoms with Gasteiger partial charge in [-0.25, -0.2) is 0 Å². The second-order valence-corrected chi connectivity index (χ2v) is 23.1. The first kappa shape index (κ1) is 76.6. The molecule has 5 atom stereocenters. The number of amides is 3. The number of rotatable bonds is 43. The fourth-order valence-corrected chi connectivity index (χ4v) is 9.03. The van der Waals surface area contributed by atoms with Gasteiger partial charge in [0.25, 0.3) is 0 Å². The van der Waals surface area contributed by atoms with Crippen LogP contribution in [-0.2, 0) is 103 Å². The predicted octanol–water partition coefficient (Wildman–Crippen LogP) is 7.88. The molecule has 0 spiro atoms. The van der Waals surface area contributed by atoms with Gasteiger partial charge >= 0.3 is 17.9 Å². The average molecular weight is 1250 g/mol. The molecule has 0 bridgehead atoms. The van der Waals surface area contributed by atoms with Crippen molar-refractivity contribution in [2.45, 2.75) is 156 Å². The summed E-state index contributed by atoms with van der Waals surface area (Å²) in [6.45, 7) is 13.6. The normalized spacial score (nSPS) is 12.8. The van der Waals surface area contributed by atoms with Crippen LogP contribution in [-0.4, -0.2) is 137 Å². The first-order chi connectivity index (χ1) is 43.1. The smallest absolute Gasteiger partial charge is 0.307 e. The van der Waals surface area contributed by atoms with Crippen molar-refractivity contribution in [1.82, 2.24) is 16.0 Å². The summed E-state index contributed by atoms with van der Waals surface area (Å²) < 4.78 is 42.8. The molecule has 0 aliphatic heterocycles. The molecule has 0 heterocycles. The van der Waals surface area contributed by atoms with E-state index >= 15 is 0 Å². The zero-order valence-electron chi connectivity index (χ0n) is 53.8. The highest BCUT2D eigenvalue weighted by atomic mass is 16.6. The standard InChI is InChI=1S/C64H83N3O15.C5H13NO2/c1-44(2)36-54(67-63(76)51(40-61(74)82-64(4,5)6)39-58(71)55(65-45(3)68)37-46-25-28-52(29-26-46)79-41-47-18-11-8-12-19-47)57(70)38-50(27-31-59(72)80-42-48-20-13-9-14-21-48)62(75)66-53(56(69)24-17-33-78-35-34-77-7)30-32-60(73)81-43-49-22-15-10-16-23-49;1-7-4-5-8-3-2-6/h8-16,18-23,25-26,28-29,44,50-51,53-55H,17,24,27,30-43H2,1-7H3,(H,65,68)(H,66,75)(H,67,76);2-6H2,1H3/t50-,51+,53-,54-,55+;/m1./s1. The molecule has 0 fully saturated rings. The van der Waals surface area contributed by atoms with Gasteiger partial charge in [0, 0.05) is 72.3 Å². The maximum atomic E-state index is 14.7. The second-order valence-electron chi connectivity index (χ2n) is 23.1. The maximum absolute atomic E-state index is 14.7. The van der Waals surface area contributed by atoms with Crippen molar-refractivity contribution in [3.63, 3.8) is 0 Å². The monoisotopic (exact) mass is 1250 g/mol. The average Bonchev–Trinajstić information content (AvgIpc) is 3.12. The van der Waals surface area contributed by atoms with Gasteiger partial charge < -0.3 is 59.6 Å². The zero-order valence-corrected chi connectivity index (χ0v) is 53.8. The van der Waals surface area contributed by atoms with E-state index in [1.807, 2.05) is 56.3 Å². The summed E-state index contributed by atoms with van der Waals surface area (Å²) in [4.78, 5) is 124. The van der Waals surface area contributed by atoms with Gasteiger partial charge in [0.15, 0.2) is 17.3 Å². The van der Waals surface area contributed by atoms with Crippen LogP contribution in [0.2, 0.25) is 0 Å². The minimum Gasteiger partial charge on any atom is -0.489 e. The summed E-state index contributed by atoms with van der Waals surface area (Å²) in [5, 5.41) is 8.26. The highest BCUT2D eigenvalue weighted by molar-refractivity contribution is 5.97. The lowest BCUT2D eigenvalue weighted by atomic mass is 9.88. The van der Waals surface area contributed by atoms with Crippen molar-refractivity contribution in [2.24, 2.45) is 23.5 Å². The van der Waals surface area contributed by atoms with E-state index in [1.54, 1.807) is 101 Å². The lowest BCUT2D eigenvalue weighted by molar-refractivity contribution is -0.157. The molecular weight excluding hydrogens is 1160 g/mol. The van der Waals surface area contributed by atoms with Crippen LogP contribution in [0.1, 0.15) is 128 Å². The summed E-state index contributed by atoms with van der Waals surface area (Å²) in [5.41, 5.74) is 7.34. The van der Waals surface area contributed by atoms with Gasteiger partial charge in [-0.1, -0.05) is 117 Å². The van der Waals surface area contributed by atoms with Gasteiger partial charge in [0.1, 0.15) is 31.2 Å². The Labute approximate surface area is 530 Å². The molecule has 21 nitrogen and oxygen atoms in total. The minimum absolute atomic E-state index is 0.000371. The summed E-state index contributed by atoms with van der Waals surface area (Å²) in [6, 6.07) is 31.1. The number of methoxy groups -OCH3 is 2. The number of ketones is 3. The molecule has 4 rings (SSSR count). The van der Waals surface area contributed by atoms with E-state index < -0.39 is 108 Å². The van der Waals surface area contributed by atoms with Crippen LogP contribution in [0.15, 0.2) is 115 Å². The second kappa shape index (κ2) is 43.9. The van der Waals surface area contributed by atoms with Gasteiger partial charge in [-0.05, 0) is 93.2 Å². The van der Waals surface area contributed by atoms with Gasteiger partial charge in [-0.3, -0.25) is 43.2 Å². The van der Waals surface area contributed by atoms with Crippen molar-refractivity contribution in [1.29, 1.82) is 0 Å². The number of Topliss-reactive ketones (excluding diaryl/α,β-unsaturated/α-hetero) is 3. The Morgan fingerprint density at radius 2 is 0.978 bits per heavy atom. The number of benzene rings is 4. The zero-order chi connectivity index (χ0) is 66.1. The number of carbonyl (C=O) groups excluding carboxylic acids is 9. The number of esters is 3. The Balaban J connectivity index is 0.00000246. The molecule has 5 N–H and O–H groups in total. The molecule has 0 saturated carbocycles. The number of ether oxygens (including phenoxy) is 8. The molecule has 0 aromatic heterocycles. The summed E-state index contributed by atoms with van der Waals surface area (Å²) in [5.74, 6) is -7.90. The highest BCUT2D eigenvalue weighted by Crippen LogP contribution is 2.23. The van der Waals surface area contributed by atoms with E-state index in [4.69, 9.17) is 43.6 Å². The first-order valence-corrected chi connectivity index (χ1v) is 30.7. The predicted molar refractivity (Wildman–Crippen MR) is 338 cm³/mol. The molecule has 0 saturated heterocycles. The molecule has 4 aromatic carbocycles. The van der Waals surface area contributed by atoms with Crippen LogP contribution < -0.4 is 26.4 Å². The van der Waals surface area contributed by atoms with Gasteiger partial charge in [0.2, 0.25) is 17.7 Å². The Kier molecular flexibility index (Phi) is 37.3. The van der Waals surface area contributed by atoms with Crippen LogP contribution in [0.4, 0.5) is 0 Å². The van der Waals surface area contributed by atoms with E-state index in [9.17, 15) is 43.2 Å². The van der Waals surface area contributed by atoms with Crippen LogP contribution in [0.25, 0.3) is 0 Å². The number of nitrogens with two attached hydrogens (primary N) is 1. The van der Waals surface area contributed by atoms with Gasteiger partial charge in [0.05, 0.1) is 63.5 Å². The molecule has 0 aliphatic carbocycles. The Morgan fingerprint density at radius 3 is 1.49 bits per heavy atom. The first-order valence-electron chi connectivity index (χ1n) is 30.7. The van der Waals surface area contributed by atoms with E-state index in [2.05, 4.69) is 16.0 Å². The molecule has 4 aromatic rings. The topological polar surface area (TPSA) is 290 Å². The minimum atomic E-state index is -1.37. The van der Waals surface area contributed by atoms with Crippen molar-refractivity contribution in [3.8, 4) is 5.75 Å². The van der Waals surface area contributed by atoms with Crippen LogP contribution in [0.3, 0.4) is 0 Å². The SMILES string of the molecule is COCCOCCCC(=O)[C@@H](CCC(=O)OCc1ccccc1)NC(=O)[C@H](CCC(=O)OCc1ccccc1)CC(=O)[C@@H](CC(C)C)NC(=O)[C@H](CC(=O)OC(C)(C)C)CC(=O)[C@H](Cc1ccc(OCc2ccccc2)cc1)NC(C)=O.COCCOCCN. The summed E-state index contributed by atoms with van der Waals surface area (Å²) in [6.07, 6.45) is -2.07. The van der Waals surface area contributed by atoms with Crippen molar-refractivity contribution in [3.05, 3.63) is 138 Å². The fourth-order valence-electron chi connectivity index (χ4n) is 9.03. The summed E-state index contributed by atoms with van der Waals surface area (Å²) in [7, 11) is 3.18. The quantitative estimate of drug-likeness (QED) is 0.0186. The lowest BCUT2D eigenvalue weighted by Crippen LogP contribution is -2.49. The van der Waals surface area contributed by atoms with Crippen molar-refractivity contribution >= 4 is 53.0 Å². The van der Waals surface area contributed by atoms with Gasteiger partial charge in [-0.2, -0.15) is 0 Å². The van der Waals surface area contributed by atoms with Crippen molar-refractivity contribution in [2.75, 3.05) is 60.4 Å². The molecule has 3 amide bonds. The molecule has 0 aliphatic rings. The third kappa shape index (κ3) is 34.3. The molecule has 494 valence electrons. The fraction of sp³-hybridized carbons (Fsp3) is 0.522. The number of hydrogen-bond donors (Lipinski definition) is 4. The highest BCUT2D eigenvalue weighted by Gasteiger charge is 2.36. The Bertz CT molecular complexity index is 2750. The van der Waals surface area contributed by atoms with E-state index in [-0.39, 0.29) is 70.7 Å². The van der Waals surface area contributed by atoms with E-state index in [1.165, 1.54) is 14.0 Å². The molecule has 0 radical (unpaired) electrons. The van der Waals surface area contributed by atoms with Crippen LogP contribution in [0.5, 0.6) is 5.75 Å². The van der Waals surface area contributed by atoms with Crippen LogP contribution >= 0.6 is 0 Å². The number of carbonyl (C=O) groups is 9. The van der Waals surface area contributed by atoms with E-state index in [0.717, 1.165) is 16.7 Å². The molecule has 0 unspecified atom stereocenters. The van der Waals surface area contributed by atoms with Crippen LogP contribution in [0, 0.1) is 17.8 Å². The molecular formula is C69H96N4O17. The Morgan fingerprint density at radius 1 is 0.489 bits per heavy atom.